The molecule has 103 heavy (non-hydrogen) atoms. The van der Waals surface area contributed by atoms with Crippen LogP contribution in [0.3, 0.4) is 0 Å². The number of benzene rings is 4. The fraction of sp³-hybridized carbons (Fsp3) is 0.308. The summed E-state index contributed by atoms with van der Waals surface area (Å²) in [6.07, 6.45) is 3.55. The van der Waals surface area contributed by atoms with Crippen molar-refractivity contribution >= 4 is 158 Å². The number of aromatic amines is 1. The number of aromatic nitrogens is 9. The van der Waals surface area contributed by atoms with Gasteiger partial charge in [0.05, 0.1) is 94.0 Å². The number of pyridine rings is 3. The summed E-state index contributed by atoms with van der Waals surface area (Å²) in [4.78, 5) is 123. The highest BCUT2D eigenvalue weighted by atomic mass is 127. The summed E-state index contributed by atoms with van der Waals surface area (Å²) in [6, 6.07) is 20.5. The Morgan fingerprint density at radius 1 is 0.544 bits per heavy atom. The lowest BCUT2D eigenvalue weighted by atomic mass is 10.2. The van der Waals surface area contributed by atoms with Crippen molar-refractivity contribution < 1.29 is 52.1 Å². The first-order valence-corrected chi connectivity index (χ1v) is 32.7. The smallest absolute Gasteiger partial charge is 0.297 e. The van der Waals surface area contributed by atoms with Crippen molar-refractivity contribution in [2.45, 2.75) is 75.0 Å². The Kier molecular flexibility index (Phi) is 33.9. The van der Waals surface area contributed by atoms with Gasteiger partial charge in [0, 0.05) is 56.1 Å². The molecule has 0 unspecified atom stereocenters. The van der Waals surface area contributed by atoms with E-state index in [0.717, 1.165) is 41.1 Å². The van der Waals surface area contributed by atoms with Crippen LogP contribution in [0.15, 0.2) is 139 Å². The van der Waals surface area contributed by atoms with Crippen LogP contribution in [0, 0.1) is 48.4 Å². The number of nitrogens with two attached hydrogens (primary N) is 1. The number of nitrogens with one attached hydrogen (secondary N) is 4. The first kappa shape index (κ1) is 88.2. The Morgan fingerprint density at radius 2 is 0.922 bits per heavy atom. The monoisotopic (exact) mass is 1800 g/mol. The summed E-state index contributed by atoms with van der Waals surface area (Å²) in [6.45, 7) is 12.7. The number of hydrogen-bond donors (Lipinski definition) is 6. The Hall–Kier alpha value is -8.98. The Labute approximate surface area is 631 Å². The van der Waals surface area contributed by atoms with Crippen molar-refractivity contribution in [2.24, 2.45) is 27.0 Å². The molecule has 0 radical (unpaired) electrons. The molecule has 10 aromatic rings. The number of nitro groups is 2. The number of aryl methyl sites for hydroxylation is 3. The molecule has 0 aliphatic carbocycles. The number of H-pyrrole nitrogens is 1. The van der Waals surface area contributed by atoms with E-state index in [9.17, 15) is 62.2 Å². The highest BCUT2D eigenvalue weighted by Crippen LogP contribution is 2.30. The topological polar surface area (TPSA) is 396 Å². The van der Waals surface area contributed by atoms with Crippen molar-refractivity contribution in [3.05, 3.63) is 226 Å². The lowest BCUT2D eigenvalue weighted by molar-refractivity contribution is -0.394. The third kappa shape index (κ3) is 24.6. The molecule has 0 atom stereocenters. The second-order valence-corrected chi connectivity index (χ2v) is 26.7. The minimum atomic E-state index is -0.769. The number of anilines is 6. The maximum Gasteiger partial charge on any atom is 0.297 e. The first-order chi connectivity index (χ1) is 47.0. The number of nitro benzene ring substituents is 2. The molecule has 0 fully saturated rings. The minimum Gasteiger partial charge on any atom is -0.407 e. The van der Waals surface area contributed by atoms with E-state index >= 15 is 0 Å². The van der Waals surface area contributed by atoms with Gasteiger partial charge in [0.15, 0.2) is 16.9 Å². The highest BCUT2D eigenvalue weighted by molar-refractivity contribution is 14.1. The average Bonchev–Trinajstić information content (AvgIpc) is 0.782. The van der Waals surface area contributed by atoms with Crippen molar-refractivity contribution in [3.63, 3.8) is 0 Å². The van der Waals surface area contributed by atoms with Crippen LogP contribution < -0.4 is 64.9 Å². The standard InChI is InChI=1S/C20H22FIN4O4.C16H14FIN4O4.C14H10FIN4O2.C6H3ClN2O4.C6H15NO2.3CH4/c1-20(2,3)29-7-8-30-26-11-23-18-17(19(26)28)15(10-16(27)25(18)4)24-14-6-5-12(22)9-13(14)21;1-21-13(24)7-12(20-11-3-2-9(18)6-10(11)17)14-15(21)19-8-22(16(14)25)26-5-4-23;1-20-11(21)5-10(12-13(20)17-6-18-14(12)22)19-9-3-2-7(16)4-8(9)15;7-5-2-1-4(8(10)11)3-6(5)9(12)13;1-6(2,3)8-4-5-9-7;;;/h5-6,9-11,24H,7-8H2,1-4H3;2-3,6-8,20,23H,4-5H2,1H3;2-6,19H,1H3,(H,17,18,22);1-3H;4-5,7H2,1-3H3;3*1H4. The van der Waals surface area contributed by atoms with Gasteiger partial charge in [-0.25, -0.2) is 34.0 Å². The van der Waals surface area contributed by atoms with Gasteiger partial charge in [0.2, 0.25) is 0 Å². The molecule has 556 valence electrons. The number of non-ortho nitro benzene ring substituents is 1. The summed E-state index contributed by atoms with van der Waals surface area (Å²) < 4.78 is 61.0. The van der Waals surface area contributed by atoms with Crippen LogP contribution in [0.5, 0.6) is 0 Å². The second-order valence-electron chi connectivity index (χ2n) is 22.5. The maximum absolute atomic E-state index is 14.3. The molecule has 0 bridgehead atoms. The third-order valence-electron chi connectivity index (χ3n) is 13.1. The van der Waals surface area contributed by atoms with Crippen LogP contribution in [-0.4, -0.2) is 109 Å². The van der Waals surface area contributed by atoms with E-state index in [4.69, 9.17) is 41.8 Å². The summed E-state index contributed by atoms with van der Waals surface area (Å²) in [5, 5.41) is 38.0. The molecule has 0 saturated carbocycles. The molecule has 6 heterocycles. The lowest BCUT2D eigenvalue weighted by Gasteiger charge is -2.19. The van der Waals surface area contributed by atoms with Gasteiger partial charge in [0.1, 0.15) is 64.5 Å². The van der Waals surface area contributed by atoms with E-state index in [0.29, 0.717) is 16.8 Å². The molecule has 7 N–H and O–H groups in total. The molecule has 0 aliphatic heterocycles. The SMILES string of the molecule is C.C.C.CC(C)(C)OCCON.Cn1c(=O)cc(Nc2ccc(I)cc2F)c2c(=O)[nH]cnc21.Cn1c(=O)cc(Nc2ccc(I)cc2F)c2c(=O)n(OCCO)cnc21.Cn1c(=O)cc(Nc2ccc(I)cc2F)c2c(=O)n(OCCOC(C)(C)C)cnc21.O=[N+]([O-])c1ccc(Cl)c([N+](=O)[O-])c1. The maximum atomic E-state index is 14.3. The number of halogens is 7. The summed E-state index contributed by atoms with van der Waals surface area (Å²) in [5.41, 5.74) is -2.48. The van der Waals surface area contributed by atoms with E-state index in [1.54, 1.807) is 24.3 Å². The Balaban J connectivity index is 0.000000349. The number of hydrogen-bond acceptors (Lipinski definition) is 23. The number of nitrogens with zero attached hydrogens (tertiary/aromatic N) is 10. The van der Waals surface area contributed by atoms with Gasteiger partial charge in [-0.15, -0.1) is 9.46 Å². The average molecular weight is 1800 g/mol. The zero-order valence-electron chi connectivity index (χ0n) is 54.4. The Morgan fingerprint density at radius 3 is 1.28 bits per heavy atom. The fourth-order valence-electron chi connectivity index (χ4n) is 8.38. The molecule has 0 aliphatic rings. The zero-order valence-corrected chi connectivity index (χ0v) is 61.6. The van der Waals surface area contributed by atoms with Crippen LogP contribution >= 0.6 is 79.4 Å². The number of fused-ring (bicyclic) bond motifs is 3. The first-order valence-electron chi connectivity index (χ1n) is 29.1. The van der Waals surface area contributed by atoms with Gasteiger partial charge in [-0.1, -0.05) is 33.9 Å². The van der Waals surface area contributed by atoms with Gasteiger partial charge in [-0.3, -0.25) is 62.7 Å². The predicted octanol–water partition coefficient (Wildman–Crippen LogP) is 10.7. The molecule has 6 aromatic heterocycles. The zero-order chi connectivity index (χ0) is 74.1. The van der Waals surface area contributed by atoms with E-state index in [-0.39, 0.29) is 149 Å². The van der Waals surface area contributed by atoms with Crippen LogP contribution in [0.2, 0.25) is 5.02 Å². The van der Waals surface area contributed by atoms with E-state index < -0.39 is 55.2 Å². The van der Waals surface area contributed by atoms with Crippen molar-refractivity contribution in [1.29, 1.82) is 0 Å². The van der Waals surface area contributed by atoms with Gasteiger partial charge in [-0.05, 0) is 170 Å². The predicted molar refractivity (Wildman–Crippen MR) is 414 cm³/mol. The van der Waals surface area contributed by atoms with E-state index in [2.05, 4.69) is 40.7 Å². The molecule has 38 heteroatoms. The molecule has 4 aromatic carbocycles. The molecular formula is C65H76ClF3I3N15O16. The quantitative estimate of drug-likeness (QED) is 0.0201. The van der Waals surface area contributed by atoms with E-state index in [1.165, 1.54) is 96.0 Å². The molecule has 31 nitrogen and oxygen atoms in total. The van der Waals surface area contributed by atoms with Crippen LogP contribution in [-0.2, 0) is 35.5 Å². The van der Waals surface area contributed by atoms with Crippen molar-refractivity contribution in [3.8, 4) is 0 Å². The van der Waals surface area contributed by atoms with Crippen LogP contribution in [0.25, 0.3) is 33.1 Å². The van der Waals surface area contributed by atoms with Gasteiger partial charge in [0.25, 0.3) is 44.7 Å². The molecule has 0 amide bonds. The van der Waals surface area contributed by atoms with Crippen molar-refractivity contribution in [2.75, 3.05) is 55.6 Å². The van der Waals surface area contributed by atoms with Crippen LogP contribution in [0.4, 0.5) is 58.7 Å². The van der Waals surface area contributed by atoms with Crippen LogP contribution in [0.1, 0.15) is 63.8 Å². The fourth-order valence-corrected chi connectivity index (χ4v) is 9.92. The normalized spacial score (nSPS) is 10.7. The van der Waals surface area contributed by atoms with Gasteiger partial charge < -0.3 is 50.0 Å². The number of aliphatic hydroxyl groups excluding tert-OH is 1. The van der Waals surface area contributed by atoms with E-state index in [1.807, 2.05) is 109 Å². The summed E-state index contributed by atoms with van der Waals surface area (Å²) in [5.74, 6) is 3.28. The lowest BCUT2D eigenvalue weighted by Crippen LogP contribution is -2.32. The van der Waals surface area contributed by atoms with Gasteiger partial charge in [-0.2, -0.15) is 0 Å². The van der Waals surface area contributed by atoms with Gasteiger partial charge >= 0.3 is 0 Å². The largest absolute Gasteiger partial charge is 0.407 e. The number of aliphatic hydroxyl groups is 1. The Bertz CT molecular complexity index is 5030. The highest BCUT2D eigenvalue weighted by Gasteiger charge is 2.21. The second kappa shape index (κ2) is 39.6. The molecule has 0 spiro atoms. The third-order valence-corrected chi connectivity index (χ3v) is 15.4. The molecular weight excluding hydrogens is 1720 g/mol. The summed E-state index contributed by atoms with van der Waals surface area (Å²) >= 11 is 11.4. The number of rotatable bonds is 18. The summed E-state index contributed by atoms with van der Waals surface area (Å²) in [7, 11) is 4.51. The number of ether oxygens (including phenoxy) is 2. The minimum absolute atomic E-state index is 0. The molecule has 0 saturated heterocycles. The molecule has 10 rings (SSSR count). The van der Waals surface area contributed by atoms with Crippen molar-refractivity contribution in [1.82, 2.24) is 43.1 Å².